The van der Waals surface area contributed by atoms with E-state index in [0.29, 0.717) is 6.61 Å². The van der Waals surface area contributed by atoms with Crippen LogP contribution in [0, 0.1) is 0 Å². The van der Waals surface area contributed by atoms with Gasteiger partial charge in [-0.05, 0) is 19.8 Å². The van der Waals surface area contributed by atoms with E-state index < -0.39 is 16.1 Å². The van der Waals surface area contributed by atoms with Crippen LogP contribution in [-0.2, 0) is 14.8 Å². The molecule has 2 unspecified atom stereocenters. The molecule has 1 saturated heterocycles. The van der Waals surface area contributed by atoms with Crippen LogP contribution in [-0.4, -0.2) is 44.6 Å². The molecule has 84 valence electrons. The summed E-state index contributed by atoms with van der Waals surface area (Å²) in [4.78, 5) is 0. The van der Waals surface area contributed by atoms with Gasteiger partial charge in [0.05, 0.1) is 18.0 Å². The van der Waals surface area contributed by atoms with E-state index in [4.69, 9.17) is 9.84 Å². The van der Waals surface area contributed by atoms with Crippen LogP contribution >= 0.6 is 0 Å². The molecule has 0 bridgehead atoms. The van der Waals surface area contributed by atoms with Crippen molar-refractivity contribution < 1.29 is 18.3 Å². The number of rotatable bonds is 5. The predicted octanol–water partition coefficient (Wildman–Crippen LogP) is -0.534. The van der Waals surface area contributed by atoms with Gasteiger partial charge in [0.1, 0.15) is 0 Å². The summed E-state index contributed by atoms with van der Waals surface area (Å²) in [6.07, 6.45) is 0.891. The molecule has 1 rings (SSSR count). The lowest BCUT2D eigenvalue weighted by molar-refractivity contribution is 0.127. The molecular weight excluding hydrogens is 206 g/mol. The first-order valence-corrected chi connectivity index (χ1v) is 6.42. The van der Waals surface area contributed by atoms with Gasteiger partial charge in [-0.1, -0.05) is 0 Å². The molecule has 1 heterocycles. The zero-order valence-electron chi connectivity index (χ0n) is 8.27. The molecule has 14 heavy (non-hydrogen) atoms. The van der Waals surface area contributed by atoms with Gasteiger partial charge in [0, 0.05) is 13.2 Å². The quantitative estimate of drug-likeness (QED) is 0.656. The van der Waals surface area contributed by atoms with Gasteiger partial charge in [0.2, 0.25) is 10.0 Å². The lowest BCUT2D eigenvalue weighted by atomic mass is 10.3. The highest BCUT2D eigenvalue weighted by atomic mass is 32.2. The summed E-state index contributed by atoms with van der Waals surface area (Å²) in [6.45, 7) is 2.25. The van der Waals surface area contributed by atoms with Crippen LogP contribution in [0.15, 0.2) is 0 Å². The standard InChI is InChI=1S/C8H17NO4S/c1-7(10)5-9-14(11,12)6-8-3-2-4-13-8/h7-10H,2-6H2,1H3. The third-order valence-corrected chi connectivity index (χ3v) is 3.45. The number of aliphatic hydroxyl groups is 1. The summed E-state index contributed by atoms with van der Waals surface area (Å²) in [5.41, 5.74) is 0. The molecule has 0 radical (unpaired) electrons. The van der Waals surface area contributed by atoms with Crippen LogP contribution in [0.2, 0.25) is 0 Å². The van der Waals surface area contributed by atoms with Crippen molar-refractivity contribution in [2.75, 3.05) is 18.9 Å². The normalized spacial score (nSPS) is 25.1. The maximum absolute atomic E-state index is 11.4. The van der Waals surface area contributed by atoms with E-state index in [1.807, 2.05) is 0 Å². The van der Waals surface area contributed by atoms with E-state index in [1.54, 1.807) is 0 Å². The van der Waals surface area contributed by atoms with E-state index in [0.717, 1.165) is 12.8 Å². The van der Waals surface area contributed by atoms with E-state index in [2.05, 4.69) is 4.72 Å². The van der Waals surface area contributed by atoms with Crippen LogP contribution < -0.4 is 4.72 Å². The topological polar surface area (TPSA) is 75.6 Å². The second-order valence-electron chi connectivity index (χ2n) is 3.61. The van der Waals surface area contributed by atoms with E-state index in [9.17, 15) is 8.42 Å². The highest BCUT2D eigenvalue weighted by molar-refractivity contribution is 7.89. The summed E-state index contributed by atoms with van der Waals surface area (Å²) < 4.78 is 30.3. The van der Waals surface area contributed by atoms with Gasteiger partial charge in [-0.15, -0.1) is 0 Å². The molecule has 0 aromatic carbocycles. The minimum absolute atomic E-state index is 0.000278. The van der Waals surface area contributed by atoms with Gasteiger partial charge < -0.3 is 9.84 Å². The first kappa shape index (κ1) is 11.9. The highest BCUT2D eigenvalue weighted by Crippen LogP contribution is 2.13. The molecule has 2 atom stereocenters. The van der Waals surface area contributed by atoms with Gasteiger partial charge in [0.25, 0.3) is 0 Å². The van der Waals surface area contributed by atoms with E-state index >= 15 is 0 Å². The average molecular weight is 223 g/mol. The second-order valence-corrected chi connectivity index (χ2v) is 5.47. The minimum Gasteiger partial charge on any atom is -0.392 e. The highest BCUT2D eigenvalue weighted by Gasteiger charge is 2.23. The molecule has 0 saturated carbocycles. The van der Waals surface area contributed by atoms with Gasteiger partial charge in [-0.25, -0.2) is 13.1 Å². The van der Waals surface area contributed by atoms with Gasteiger partial charge in [-0.3, -0.25) is 0 Å². The maximum atomic E-state index is 11.4. The largest absolute Gasteiger partial charge is 0.392 e. The fraction of sp³-hybridized carbons (Fsp3) is 1.00. The Labute approximate surface area is 84.5 Å². The van der Waals surface area contributed by atoms with Crippen LogP contribution in [0.4, 0.5) is 0 Å². The Morgan fingerprint density at radius 3 is 2.86 bits per heavy atom. The van der Waals surface area contributed by atoms with Crippen molar-refractivity contribution in [3.05, 3.63) is 0 Å². The monoisotopic (exact) mass is 223 g/mol. The third kappa shape index (κ3) is 4.36. The summed E-state index contributed by atoms with van der Waals surface area (Å²) in [6, 6.07) is 0. The number of aliphatic hydroxyl groups excluding tert-OH is 1. The molecule has 5 nitrogen and oxygen atoms in total. The summed E-state index contributed by atoms with van der Waals surface area (Å²) in [5.74, 6) is -0.000278. The lowest BCUT2D eigenvalue weighted by Gasteiger charge is -2.11. The molecule has 0 aromatic rings. The van der Waals surface area contributed by atoms with Crippen LogP contribution in [0.1, 0.15) is 19.8 Å². The first-order chi connectivity index (χ1) is 6.49. The Bertz CT molecular complexity index is 257. The fourth-order valence-corrected chi connectivity index (χ4v) is 2.69. The molecule has 1 aliphatic rings. The number of hydrogen-bond acceptors (Lipinski definition) is 4. The SMILES string of the molecule is CC(O)CNS(=O)(=O)CC1CCCO1. The minimum atomic E-state index is -3.30. The van der Waals surface area contributed by atoms with E-state index in [-0.39, 0.29) is 18.4 Å². The summed E-state index contributed by atoms with van der Waals surface area (Å²) in [7, 11) is -3.30. The number of sulfonamides is 1. The third-order valence-electron chi connectivity index (χ3n) is 2.03. The Morgan fingerprint density at radius 2 is 2.36 bits per heavy atom. The lowest BCUT2D eigenvalue weighted by Crippen LogP contribution is -2.35. The number of nitrogens with one attached hydrogen (secondary N) is 1. The Kier molecular flexibility index (Phi) is 4.31. The molecule has 6 heteroatoms. The van der Waals surface area contributed by atoms with Crippen molar-refractivity contribution in [3.8, 4) is 0 Å². The summed E-state index contributed by atoms with van der Waals surface area (Å²) >= 11 is 0. The van der Waals surface area contributed by atoms with Crippen molar-refractivity contribution >= 4 is 10.0 Å². The number of hydrogen-bond donors (Lipinski definition) is 2. The average Bonchev–Trinajstić information content (AvgIpc) is 2.53. The smallest absolute Gasteiger partial charge is 0.214 e. The van der Waals surface area contributed by atoms with Crippen LogP contribution in [0.5, 0.6) is 0 Å². The van der Waals surface area contributed by atoms with Gasteiger partial charge >= 0.3 is 0 Å². The Hall–Kier alpha value is -0.170. The van der Waals surface area contributed by atoms with Crippen LogP contribution in [0.25, 0.3) is 0 Å². The van der Waals surface area contributed by atoms with Crippen molar-refractivity contribution in [1.29, 1.82) is 0 Å². The van der Waals surface area contributed by atoms with Crippen molar-refractivity contribution in [2.24, 2.45) is 0 Å². The predicted molar refractivity (Wildman–Crippen MR) is 52.4 cm³/mol. The zero-order valence-corrected chi connectivity index (χ0v) is 9.09. The Balaban J connectivity index is 2.33. The zero-order chi connectivity index (χ0) is 10.6. The van der Waals surface area contributed by atoms with Crippen molar-refractivity contribution in [3.63, 3.8) is 0 Å². The molecular formula is C8H17NO4S. The molecule has 1 aliphatic heterocycles. The Morgan fingerprint density at radius 1 is 1.64 bits per heavy atom. The maximum Gasteiger partial charge on any atom is 0.214 e. The molecule has 0 amide bonds. The second kappa shape index (κ2) is 5.06. The van der Waals surface area contributed by atoms with Crippen molar-refractivity contribution in [1.82, 2.24) is 4.72 Å². The van der Waals surface area contributed by atoms with Gasteiger partial charge in [0.15, 0.2) is 0 Å². The molecule has 2 N–H and O–H groups in total. The summed E-state index contributed by atoms with van der Waals surface area (Å²) in [5, 5.41) is 8.92. The van der Waals surface area contributed by atoms with Crippen LogP contribution in [0.3, 0.4) is 0 Å². The van der Waals surface area contributed by atoms with Crippen molar-refractivity contribution in [2.45, 2.75) is 32.0 Å². The first-order valence-electron chi connectivity index (χ1n) is 4.76. The molecule has 0 spiro atoms. The fourth-order valence-electron chi connectivity index (χ4n) is 1.33. The molecule has 0 aliphatic carbocycles. The van der Waals surface area contributed by atoms with Gasteiger partial charge in [-0.2, -0.15) is 0 Å². The molecule has 0 aromatic heterocycles. The molecule has 1 fully saturated rings. The van der Waals surface area contributed by atoms with E-state index in [1.165, 1.54) is 6.92 Å². The number of ether oxygens (including phenoxy) is 1.